The van der Waals surface area contributed by atoms with Crippen molar-refractivity contribution in [2.45, 2.75) is 26.0 Å². The summed E-state index contributed by atoms with van der Waals surface area (Å²) in [5.74, 6) is -2.98. The highest BCUT2D eigenvalue weighted by Crippen LogP contribution is 2.31. The van der Waals surface area contributed by atoms with E-state index in [9.17, 15) is 23.1 Å². The molecule has 4 rings (SSSR count). The molecular weight excluding hydrogens is 439 g/mol. The molecule has 8 nitrogen and oxygen atoms in total. The zero-order valence-electron chi connectivity index (χ0n) is 18.0. The van der Waals surface area contributed by atoms with Crippen molar-refractivity contribution in [2.75, 3.05) is 25.0 Å². The second-order valence-corrected chi connectivity index (χ2v) is 8.10. The first kappa shape index (κ1) is 22.7. The zero-order valence-corrected chi connectivity index (χ0v) is 18.0. The highest BCUT2D eigenvalue weighted by atomic mass is 19.2. The lowest BCUT2D eigenvalue weighted by Crippen LogP contribution is -2.67. The third kappa shape index (κ3) is 4.83. The second kappa shape index (κ2) is 8.83. The van der Waals surface area contributed by atoms with E-state index in [1.165, 1.54) is 17.0 Å². The Morgan fingerprint density at radius 2 is 1.91 bits per heavy atom. The smallest absolute Gasteiger partial charge is 0.256 e. The van der Waals surface area contributed by atoms with E-state index in [1.54, 1.807) is 19.9 Å². The first-order chi connectivity index (χ1) is 15.6. The Kier molecular flexibility index (Phi) is 6.09. The predicted molar refractivity (Wildman–Crippen MR) is 112 cm³/mol. The van der Waals surface area contributed by atoms with E-state index in [-0.39, 0.29) is 37.4 Å². The summed E-state index contributed by atoms with van der Waals surface area (Å²) >= 11 is 0. The average Bonchev–Trinajstić information content (AvgIpc) is 3.16. The molecule has 3 N–H and O–H groups in total. The number of hydrogen-bond acceptors (Lipinski definition) is 7. The number of benzene rings is 2. The molecule has 0 saturated carbocycles. The van der Waals surface area contributed by atoms with Crippen molar-refractivity contribution in [3.63, 3.8) is 0 Å². The lowest BCUT2D eigenvalue weighted by molar-refractivity contribution is -0.0788. The molecule has 3 aromatic rings. The van der Waals surface area contributed by atoms with Crippen molar-refractivity contribution in [1.82, 2.24) is 20.4 Å². The number of carbonyl (C=O) groups is 1. The topological polar surface area (TPSA) is 104 Å². The van der Waals surface area contributed by atoms with Crippen LogP contribution in [-0.2, 0) is 6.54 Å². The van der Waals surface area contributed by atoms with Gasteiger partial charge in [-0.2, -0.15) is 0 Å². The molecule has 11 heteroatoms. The van der Waals surface area contributed by atoms with Gasteiger partial charge < -0.3 is 25.1 Å². The molecule has 0 spiro atoms. The summed E-state index contributed by atoms with van der Waals surface area (Å²) in [5, 5.41) is 23.6. The molecule has 1 aliphatic heterocycles. The Hall–Kier alpha value is -3.44. The summed E-state index contributed by atoms with van der Waals surface area (Å²) in [4.78, 5) is 14.3. The Morgan fingerprint density at radius 3 is 2.58 bits per heavy atom. The van der Waals surface area contributed by atoms with Gasteiger partial charge in [0, 0.05) is 13.5 Å². The highest BCUT2D eigenvalue weighted by Gasteiger charge is 2.44. The van der Waals surface area contributed by atoms with Crippen LogP contribution in [0.4, 0.5) is 24.5 Å². The van der Waals surface area contributed by atoms with Gasteiger partial charge in [0.15, 0.2) is 11.6 Å². The van der Waals surface area contributed by atoms with E-state index in [0.29, 0.717) is 17.3 Å². The number of halogens is 3. The fourth-order valence-corrected chi connectivity index (χ4v) is 3.61. The van der Waals surface area contributed by atoms with E-state index in [1.807, 2.05) is 0 Å². The van der Waals surface area contributed by atoms with Gasteiger partial charge in [0.2, 0.25) is 11.8 Å². The molecular formula is C22H22F3N5O3. The molecule has 0 aliphatic carbocycles. The maximum atomic E-state index is 14.6. The van der Waals surface area contributed by atoms with Crippen molar-refractivity contribution in [2.24, 2.45) is 0 Å². The van der Waals surface area contributed by atoms with E-state index >= 15 is 0 Å². The first-order valence-electron chi connectivity index (χ1n) is 10.2. The van der Waals surface area contributed by atoms with Gasteiger partial charge in [-0.25, -0.2) is 13.2 Å². The van der Waals surface area contributed by atoms with Gasteiger partial charge in [-0.1, -0.05) is 6.07 Å². The minimum atomic E-state index is -1.30. The molecule has 1 aromatic heterocycles. The van der Waals surface area contributed by atoms with E-state index in [4.69, 9.17) is 4.42 Å². The number of nitrogens with zero attached hydrogens (tertiary/aromatic N) is 3. The molecule has 1 fully saturated rings. The molecule has 174 valence electrons. The second-order valence-electron chi connectivity index (χ2n) is 8.10. The molecule has 0 atom stereocenters. The monoisotopic (exact) mass is 461 g/mol. The van der Waals surface area contributed by atoms with Gasteiger partial charge in [-0.15, -0.1) is 10.2 Å². The average molecular weight is 461 g/mol. The van der Waals surface area contributed by atoms with E-state index in [2.05, 4.69) is 20.8 Å². The number of carbonyl (C=O) groups excluding carboxylic acids is 1. The van der Waals surface area contributed by atoms with Crippen LogP contribution < -0.4 is 10.6 Å². The van der Waals surface area contributed by atoms with Crippen LogP contribution in [0.3, 0.4) is 0 Å². The van der Waals surface area contributed by atoms with Crippen molar-refractivity contribution in [1.29, 1.82) is 0 Å². The standard InChI is InChI=1S/C22H22F3N5O3/c1-12-3-6-17(16(24)7-12)27-20-14(4-5-15(23)19(20)25)21(31)30-10-22(32,11-30)9-26-8-18-29-28-13(2)33-18/h3-7,26-27,32H,8-11H2,1-2H3. The minimum absolute atomic E-state index is 0.0287. The van der Waals surface area contributed by atoms with Crippen LogP contribution in [0, 0.1) is 31.3 Å². The van der Waals surface area contributed by atoms with Crippen LogP contribution in [0.2, 0.25) is 0 Å². The Labute approximate surface area is 187 Å². The van der Waals surface area contributed by atoms with Crippen molar-refractivity contribution in [3.05, 3.63) is 70.7 Å². The minimum Gasteiger partial charge on any atom is -0.424 e. The van der Waals surface area contributed by atoms with Gasteiger partial charge >= 0.3 is 0 Å². The summed E-state index contributed by atoms with van der Waals surface area (Å²) in [7, 11) is 0. The van der Waals surface area contributed by atoms with Crippen LogP contribution in [0.5, 0.6) is 0 Å². The maximum absolute atomic E-state index is 14.6. The van der Waals surface area contributed by atoms with E-state index in [0.717, 1.165) is 12.1 Å². The summed E-state index contributed by atoms with van der Waals surface area (Å²) in [6.07, 6.45) is 0. The number of hydrogen-bond donors (Lipinski definition) is 3. The van der Waals surface area contributed by atoms with Crippen LogP contribution in [0.25, 0.3) is 0 Å². The summed E-state index contributed by atoms with van der Waals surface area (Å²) in [6.45, 7) is 3.69. The lowest BCUT2D eigenvalue weighted by atomic mass is 9.92. The molecule has 0 unspecified atom stereocenters. The molecule has 2 heterocycles. The molecule has 33 heavy (non-hydrogen) atoms. The van der Waals surface area contributed by atoms with Crippen LogP contribution in [0.15, 0.2) is 34.7 Å². The zero-order chi connectivity index (χ0) is 23.8. The normalized spacial score (nSPS) is 14.8. The third-order valence-electron chi connectivity index (χ3n) is 5.27. The first-order valence-corrected chi connectivity index (χ1v) is 10.2. The van der Waals surface area contributed by atoms with Crippen molar-refractivity contribution in [3.8, 4) is 0 Å². The van der Waals surface area contributed by atoms with Gasteiger partial charge in [0.25, 0.3) is 5.91 Å². The van der Waals surface area contributed by atoms with Crippen LogP contribution in [0.1, 0.15) is 27.7 Å². The number of nitrogens with one attached hydrogen (secondary N) is 2. The molecule has 1 aliphatic rings. The van der Waals surface area contributed by atoms with E-state index < -0.39 is 34.6 Å². The number of β-amino-alcohol motifs (C(OH)–C–C–N with tert-alkyl or cyclic N) is 1. The number of likely N-dealkylation sites (tertiary alicyclic amines) is 1. The fourth-order valence-electron chi connectivity index (χ4n) is 3.61. The van der Waals surface area contributed by atoms with Crippen LogP contribution >= 0.6 is 0 Å². The van der Waals surface area contributed by atoms with Crippen molar-refractivity contribution >= 4 is 17.3 Å². The van der Waals surface area contributed by atoms with Gasteiger partial charge in [-0.3, -0.25) is 4.79 Å². The number of rotatable bonds is 7. The highest BCUT2D eigenvalue weighted by molar-refractivity contribution is 6.01. The Bertz CT molecular complexity index is 1190. The fraction of sp³-hybridized carbons (Fsp3) is 0.318. The SMILES string of the molecule is Cc1ccc(Nc2c(C(=O)N3CC(O)(CNCc4nnc(C)o4)C3)ccc(F)c2F)c(F)c1. The molecule has 1 saturated heterocycles. The van der Waals surface area contributed by atoms with Gasteiger partial charge in [-0.05, 0) is 36.8 Å². The summed E-state index contributed by atoms with van der Waals surface area (Å²) in [6, 6.07) is 6.17. The quantitative estimate of drug-likeness (QED) is 0.497. The molecule has 1 amide bonds. The number of aryl methyl sites for hydroxylation is 2. The maximum Gasteiger partial charge on any atom is 0.256 e. The third-order valence-corrected chi connectivity index (χ3v) is 5.27. The van der Waals surface area contributed by atoms with Gasteiger partial charge in [0.1, 0.15) is 11.4 Å². The molecule has 0 radical (unpaired) electrons. The predicted octanol–water partition coefficient (Wildman–Crippen LogP) is 2.82. The number of amides is 1. The Morgan fingerprint density at radius 1 is 1.15 bits per heavy atom. The molecule has 0 bridgehead atoms. The number of aromatic nitrogens is 2. The number of anilines is 2. The largest absolute Gasteiger partial charge is 0.424 e. The summed E-state index contributed by atoms with van der Waals surface area (Å²) < 4.78 is 48.0. The Balaban J connectivity index is 1.44. The van der Waals surface area contributed by atoms with Crippen LogP contribution in [-0.4, -0.2) is 51.3 Å². The summed E-state index contributed by atoms with van der Waals surface area (Å²) in [5.41, 5.74) is -1.30. The molecule has 2 aromatic carbocycles. The lowest BCUT2D eigenvalue weighted by Gasteiger charge is -2.46. The number of aliphatic hydroxyl groups is 1. The van der Waals surface area contributed by atoms with Gasteiger partial charge in [0.05, 0.1) is 36.6 Å². The van der Waals surface area contributed by atoms with Crippen molar-refractivity contribution < 1.29 is 27.5 Å².